The van der Waals surface area contributed by atoms with Crippen LogP contribution in [0.1, 0.15) is 19.8 Å². The number of piperidine rings is 1. The lowest BCUT2D eigenvalue weighted by molar-refractivity contribution is -0.125. The van der Waals surface area contributed by atoms with Crippen LogP contribution in [0.15, 0.2) is 0 Å². The van der Waals surface area contributed by atoms with E-state index >= 15 is 0 Å². The normalized spacial score (nSPS) is 23.6. The monoisotopic (exact) mass is 195 g/mol. The van der Waals surface area contributed by atoms with Gasteiger partial charge in [-0.3, -0.25) is 4.79 Å². The second-order valence-electron chi connectivity index (χ2n) is 3.82. The third-order valence-electron chi connectivity index (χ3n) is 2.47. The van der Waals surface area contributed by atoms with Crippen molar-refractivity contribution in [3.8, 4) is 6.07 Å². The minimum atomic E-state index is -0.101. The van der Waals surface area contributed by atoms with Gasteiger partial charge in [-0.15, -0.1) is 0 Å². The Bertz CT molecular complexity index is 228. The van der Waals surface area contributed by atoms with E-state index in [0.717, 1.165) is 25.9 Å². The van der Waals surface area contributed by atoms with Crippen LogP contribution in [-0.4, -0.2) is 25.5 Å². The Hall–Kier alpha value is -1.08. The van der Waals surface area contributed by atoms with Crippen LogP contribution in [0.4, 0.5) is 0 Å². The number of nitriles is 1. The number of amides is 1. The van der Waals surface area contributed by atoms with Crippen molar-refractivity contribution in [2.24, 2.45) is 11.8 Å². The maximum Gasteiger partial charge on any atom is 0.224 e. The number of nitrogens with one attached hydrogen (secondary N) is 2. The van der Waals surface area contributed by atoms with Gasteiger partial charge in [0.1, 0.15) is 0 Å². The highest BCUT2D eigenvalue weighted by Crippen LogP contribution is 2.09. The number of hydrogen-bond acceptors (Lipinski definition) is 3. The molecule has 1 unspecified atom stereocenters. The fourth-order valence-electron chi connectivity index (χ4n) is 1.52. The Morgan fingerprint density at radius 3 is 3.14 bits per heavy atom. The summed E-state index contributed by atoms with van der Waals surface area (Å²) >= 11 is 0. The standard InChI is InChI=1S/C10H17N3O/c1-8(5-11)6-13-10(14)9-3-2-4-12-7-9/h8-9,12H,2-4,6-7H2,1H3,(H,13,14)/t8?,9-/m1/s1. The van der Waals surface area contributed by atoms with E-state index in [-0.39, 0.29) is 17.7 Å². The number of rotatable bonds is 3. The van der Waals surface area contributed by atoms with Crippen molar-refractivity contribution in [1.82, 2.24) is 10.6 Å². The van der Waals surface area contributed by atoms with E-state index in [1.54, 1.807) is 6.92 Å². The van der Waals surface area contributed by atoms with E-state index in [4.69, 9.17) is 5.26 Å². The van der Waals surface area contributed by atoms with Gasteiger partial charge in [0, 0.05) is 13.1 Å². The summed E-state index contributed by atoms with van der Waals surface area (Å²) in [6, 6.07) is 2.09. The molecule has 0 aromatic carbocycles. The summed E-state index contributed by atoms with van der Waals surface area (Å²) < 4.78 is 0. The average molecular weight is 195 g/mol. The molecule has 0 aliphatic carbocycles. The zero-order valence-corrected chi connectivity index (χ0v) is 8.55. The van der Waals surface area contributed by atoms with Gasteiger partial charge in [-0.25, -0.2) is 0 Å². The van der Waals surface area contributed by atoms with E-state index in [9.17, 15) is 4.79 Å². The maximum atomic E-state index is 11.6. The van der Waals surface area contributed by atoms with E-state index in [1.807, 2.05) is 0 Å². The van der Waals surface area contributed by atoms with Crippen molar-refractivity contribution in [3.05, 3.63) is 0 Å². The first-order chi connectivity index (χ1) is 6.74. The lowest BCUT2D eigenvalue weighted by Gasteiger charge is -2.22. The van der Waals surface area contributed by atoms with Crippen molar-refractivity contribution in [2.45, 2.75) is 19.8 Å². The molecule has 0 bridgehead atoms. The molecule has 2 atom stereocenters. The molecule has 1 heterocycles. The molecule has 1 saturated heterocycles. The number of hydrogen-bond donors (Lipinski definition) is 2. The smallest absolute Gasteiger partial charge is 0.224 e. The van der Waals surface area contributed by atoms with E-state index in [1.165, 1.54) is 0 Å². The highest BCUT2D eigenvalue weighted by molar-refractivity contribution is 5.78. The Morgan fingerprint density at radius 1 is 1.79 bits per heavy atom. The first-order valence-electron chi connectivity index (χ1n) is 5.12. The summed E-state index contributed by atoms with van der Waals surface area (Å²) in [5, 5.41) is 14.5. The van der Waals surface area contributed by atoms with Crippen LogP contribution < -0.4 is 10.6 Å². The molecule has 2 N–H and O–H groups in total. The van der Waals surface area contributed by atoms with Gasteiger partial charge >= 0.3 is 0 Å². The maximum absolute atomic E-state index is 11.6. The molecule has 1 aliphatic rings. The van der Waals surface area contributed by atoms with Gasteiger partial charge in [0.05, 0.1) is 17.9 Å². The summed E-state index contributed by atoms with van der Waals surface area (Å²) in [6.45, 7) is 4.05. The average Bonchev–Trinajstić information content (AvgIpc) is 2.26. The van der Waals surface area contributed by atoms with E-state index < -0.39 is 0 Å². The van der Waals surface area contributed by atoms with Gasteiger partial charge < -0.3 is 10.6 Å². The molecule has 4 nitrogen and oxygen atoms in total. The molecule has 1 rings (SSSR count). The van der Waals surface area contributed by atoms with Gasteiger partial charge in [-0.2, -0.15) is 5.26 Å². The Labute approximate surface area is 84.7 Å². The zero-order chi connectivity index (χ0) is 10.4. The van der Waals surface area contributed by atoms with Gasteiger partial charge in [-0.05, 0) is 26.3 Å². The van der Waals surface area contributed by atoms with Crippen molar-refractivity contribution < 1.29 is 4.79 Å². The Morgan fingerprint density at radius 2 is 2.57 bits per heavy atom. The quantitative estimate of drug-likeness (QED) is 0.679. The van der Waals surface area contributed by atoms with Crippen molar-refractivity contribution >= 4 is 5.91 Å². The molecule has 0 radical (unpaired) electrons. The molecule has 1 aliphatic heterocycles. The van der Waals surface area contributed by atoms with Crippen LogP contribution in [0, 0.1) is 23.2 Å². The second kappa shape index (κ2) is 5.61. The number of nitrogens with zero attached hydrogens (tertiary/aromatic N) is 1. The molecular formula is C10H17N3O. The molecule has 0 aromatic heterocycles. The predicted molar refractivity (Wildman–Crippen MR) is 53.4 cm³/mol. The minimum absolute atomic E-state index is 0.0827. The Kier molecular flexibility index (Phi) is 4.41. The van der Waals surface area contributed by atoms with Crippen LogP contribution >= 0.6 is 0 Å². The van der Waals surface area contributed by atoms with Crippen LogP contribution in [0.5, 0.6) is 0 Å². The Balaban J connectivity index is 2.24. The molecular weight excluding hydrogens is 178 g/mol. The van der Waals surface area contributed by atoms with Crippen molar-refractivity contribution in [1.29, 1.82) is 5.26 Å². The molecule has 0 spiro atoms. The zero-order valence-electron chi connectivity index (χ0n) is 8.55. The summed E-state index contributed by atoms with van der Waals surface area (Å²) in [6.07, 6.45) is 2.02. The molecule has 0 saturated carbocycles. The largest absolute Gasteiger partial charge is 0.355 e. The third kappa shape index (κ3) is 3.35. The molecule has 1 amide bonds. The van der Waals surface area contributed by atoms with Crippen LogP contribution in [0.3, 0.4) is 0 Å². The molecule has 0 aromatic rings. The predicted octanol–water partition coefficient (Wildman–Crippen LogP) is 0.262. The topological polar surface area (TPSA) is 64.9 Å². The van der Waals surface area contributed by atoms with Gasteiger partial charge in [0.25, 0.3) is 0 Å². The molecule has 4 heteroatoms. The van der Waals surface area contributed by atoms with Crippen molar-refractivity contribution in [3.63, 3.8) is 0 Å². The van der Waals surface area contributed by atoms with E-state index in [2.05, 4.69) is 16.7 Å². The lowest BCUT2D eigenvalue weighted by Crippen LogP contribution is -2.41. The highest BCUT2D eigenvalue weighted by atomic mass is 16.1. The second-order valence-corrected chi connectivity index (χ2v) is 3.82. The SMILES string of the molecule is CC(C#N)CNC(=O)[C@@H]1CCCNC1. The minimum Gasteiger partial charge on any atom is -0.355 e. The van der Waals surface area contributed by atoms with Gasteiger partial charge in [0.2, 0.25) is 5.91 Å². The number of carbonyl (C=O) groups is 1. The summed E-state index contributed by atoms with van der Waals surface area (Å²) in [5.41, 5.74) is 0. The molecule has 1 fully saturated rings. The molecule has 14 heavy (non-hydrogen) atoms. The highest BCUT2D eigenvalue weighted by Gasteiger charge is 2.20. The summed E-state index contributed by atoms with van der Waals surface area (Å²) in [5.74, 6) is 0.0736. The first kappa shape index (κ1) is 11.0. The fraction of sp³-hybridized carbons (Fsp3) is 0.800. The van der Waals surface area contributed by atoms with E-state index in [0.29, 0.717) is 6.54 Å². The fourth-order valence-corrected chi connectivity index (χ4v) is 1.52. The van der Waals surface area contributed by atoms with Crippen LogP contribution in [0.2, 0.25) is 0 Å². The van der Waals surface area contributed by atoms with Crippen LogP contribution in [0.25, 0.3) is 0 Å². The lowest BCUT2D eigenvalue weighted by atomic mass is 9.99. The first-order valence-corrected chi connectivity index (χ1v) is 5.12. The third-order valence-corrected chi connectivity index (χ3v) is 2.47. The summed E-state index contributed by atoms with van der Waals surface area (Å²) in [7, 11) is 0. The number of carbonyl (C=O) groups excluding carboxylic acids is 1. The van der Waals surface area contributed by atoms with Gasteiger partial charge in [0.15, 0.2) is 0 Å². The van der Waals surface area contributed by atoms with Crippen LogP contribution in [-0.2, 0) is 4.79 Å². The van der Waals surface area contributed by atoms with Gasteiger partial charge in [-0.1, -0.05) is 0 Å². The van der Waals surface area contributed by atoms with Crippen molar-refractivity contribution in [2.75, 3.05) is 19.6 Å². The summed E-state index contributed by atoms with van der Waals surface area (Å²) in [4.78, 5) is 11.6. The molecule has 78 valence electrons.